The van der Waals surface area contributed by atoms with Gasteiger partial charge in [-0.05, 0) is 23.3 Å². The number of aromatic nitrogens is 2. The van der Waals surface area contributed by atoms with Crippen molar-refractivity contribution in [3.63, 3.8) is 0 Å². The minimum absolute atomic E-state index is 0.0791. The highest BCUT2D eigenvalue weighted by atomic mass is 16.5. The van der Waals surface area contributed by atoms with Crippen LogP contribution in [0.25, 0.3) is 22.2 Å². The molecule has 0 aliphatic heterocycles. The van der Waals surface area contributed by atoms with E-state index in [0.717, 1.165) is 22.2 Å². The maximum Gasteiger partial charge on any atom is 0.414 e. The third-order valence-corrected chi connectivity index (χ3v) is 3.10. The Morgan fingerprint density at radius 3 is 2.82 bits per heavy atom. The fourth-order valence-corrected chi connectivity index (χ4v) is 2.12. The fourth-order valence-electron chi connectivity index (χ4n) is 2.12. The zero-order chi connectivity index (χ0) is 15.4. The van der Waals surface area contributed by atoms with Gasteiger partial charge in [-0.1, -0.05) is 42.3 Å². The topological polar surface area (TPSA) is 67.0 Å². The number of nitrogens with one attached hydrogen (secondary N) is 2. The first-order valence-corrected chi connectivity index (χ1v) is 6.69. The Morgan fingerprint density at radius 2 is 2.05 bits per heavy atom. The molecule has 0 radical (unpaired) electrons. The Labute approximate surface area is 127 Å². The van der Waals surface area contributed by atoms with E-state index in [1.54, 1.807) is 0 Å². The third kappa shape index (κ3) is 2.91. The smallest absolute Gasteiger partial charge is 0.414 e. The Hall–Kier alpha value is -3.26. The van der Waals surface area contributed by atoms with Crippen molar-refractivity contribution in [2.24, 2.45) is 0 Å². The highest BCUT2D eigenvalue weighted by Crippen LogP contribution is 2.24. The molecule has 0 fully saturated rings. The van der Waals surface area contributed by atoms with E-state index in [2.05, 4.69) is 21.2 Å². The summed E-state index contributed by atoms with van der Waals surface area (Å²) in [6, 6.07) is 15.9. The molecule has 22 heavy (non-hydrogen) atoms. The molecule has 0 unspecified atom stereocenters. The number of hydrogen-bond acceptors (Lipinski definition) is 3. The van der Waals surface area contributed by atoms with Crippen LogP contribution in [0.5, 0.6) is 0 Å². The molecule has 5 nitrogen and oxygen atoms in total. The zero-order valence-electron chi connectivity index (χ0n) is 11.7. The number of aromatic amines is 1. The second kappa shape index (κ2) is 6.02. The number of nitrogens with zero attached hydrogens (tertiary/aromatic N) is 1. The van der Waals surface area contributed by atoms with E-state index in [-0.39, 0.29) is 6.61 Å². The molecule has 1 heterocycles. The van der Waals surface area contributed by atoms with Crippen LogP contribution in [-0.2, 0) is 4.74 Å². The third-order valence-electron chi connectivity index (χ3n) is 3.10. The predicted molar refractivity (Wildman–Crippen MR) is 85.3 cm³/mol. The van der Waals surface area contributed by atoms with Crippen LogP contribution >= 0.6 is 0 Å². The molecule has 1 aromatic heterocycles. The van der Waals surface area contributed by atoms with E-state index in [4.69, 9.17) is 11.2 Å². The first-order chi connectivity index (χ1) is 10.8. The number of imidazole rings is 1. The monoisotopic (exact) mass is 291 g/mol. The average molecular weight is 291 g/mol. The molecule has 0 saturated heterocycles. The number of carbonyl (C=O) groups is 1. The van der Waals surface area contributed by atoms with Gasteiger partial charge >= 0.3 is 6.09 Å². The molecule has 0 aliphatic rings. The van der Waals surface area contributed by atoms with Crippen molar-refractivity contribution < 1.29 is 9.53 Å². The maximum atomic E-state index is 11.4. The average Bonchev–Trinajstić information content (AvgIpc) is 2.95. The fraction of sp³-hybridized carbons (Fsp3) is 0.0588. The highest BCUT2D eigenvalue weighted by Gasteiger charge is 2.08. The van der Waals surface area contributed by atoms with Gasteiger partial charge in [-0.2, -0.15) is 0 Å². The lowest BCUT2D eigenvalue weighted by Gasteiger charge is -2.00. The molecular weight excluding hydrogens is 278 g/mol. The van der Waals surface area contributed by atoms with E-state index in [0.29, 0.717) is 5.95 Å². The molecular formula is C17H13N3O2. The van der Waals surface area contributed by atoms with Gasteiger partial charge in [-0.3, -0.25) is 5.32 Å². The van der Waals surface area contributed by atoms with Crippen molar-refractivity contribution in [1.29, 1.82) is 0 Å². The van der Waals surface area contributed by atoms with Gasteiger partial charge in [0.15, 0.2) is 6.61 Å². The van der Waals surface area contributed by atoms with Crippen molar-refractivity contribution in [3.8, 4) is 23.5 Å². The minimum atomic E-state index is -0.639. The Kier molecular flexibility index (Phi) is 3.75. The largest absolute Gasteiger partial charge is 0.436 e. The van der Waals surface area contributed by atoms with Gasteiger partial charge in [-0.15, -0.1) is 6.42 Å². The number of terminal acetylenes is 1. The highest BCUT2D eigenvalue weighted by molar-refractivity contribution is 5.88. The second-order valence-corrected chi connectivity index (χ2v) is 4.59. The van der Waals surface area contributed by atoms with Crippen LogP contribution in [0.3, 0.4) is 0 Å². The number of hydrogen-bond donors (Lipinski definition) is 2. The molecule has 3 rings (SSSR count). The normalized spacial score (nSPS) is 10.1. The number of anilines is 1. The van der Waals surface area contributed by atoms with E-state index >= 15 is 0 Å². The molecule has 2 N–H and O–H groups in total. The van der Waals surface area contributed by atoms with E-state index < -0.39 is 6.09 Å². The van der Waals surface area contributed by atoms with Crippen LogP contribution in [0.1, 0.15) is 0 Å². The van der Waals surface area contributed by atoms with Crippen LogP contribution in [0.4, 0.5) is 10.7 Å². The van der Waals surface area contributed by atoms with Crippen LogP contribution in [-0.4, -0.2) is 22.7 Å². The maximum absolute atomic E-state index is 11.4. The molecule has 0 aliphatic carbocycles. The summed E-state index contributed by atoms with van der Waals surface area (Å²) in [6.07, 6.45) is 4.39. The summed E-state index contributed by atoms with van der Waals surface area (Å²) in [6.45, 7) is -0.0791. The van der Waals surface area contributed by atoms with Gasteiger partial charge < -0.3 is 9.72 Å². The molecule has 0 bridgehead atoms. The molecule has 2 aromatic carbocycles. The van der Waals surface area contributed by atoms with Crippen molar-refractivity contribution in [3.05, 3.63) is 48.5 Å². The summed E-state index contributed by atoms with van der Waals surface area (Å²) in [5, 5.41) is 2.50. The number of ether oxygens (including phenoxy) is 1. The molecule has 108 valence electrons. The van der Waals surface area contributed by atoms with Gasteiger partial charge in [0.1, 0.15) is 0 Å². The quantitative estimate of drug-likeness (QED) is 0.727. The van der Waals surface area contributed by atoms with Crippen molar-refractivity contribution >= 4 is 23.1 Å². The zero-order valence-corrected chi connectivity index (χ0v) is 11.7. The standard InChI is InChI=1S/C17H13N3O2/c1-2-10-22-17(21)20-16-18-14-9-8-13(11-15(14)19-16)12-6-4-3-5-7-12/h1,3-9,11H,10H2,(H2,18,19,20,21). The second-order valence-electron chi connectivity index (χ2n) is 4.59. The molecule has 0 atom stereocenters. The van der Waals surface area contributed by atoms with E-state index in [1.165, 1.54) is 0 Å². The Morgan fingerprint density at radius 1 is 1.23 bits per heavy atom. The lowest BCUT2D eigenvalue weighted by atomic mass is 10.1. The van der Waals surface area contributed by atoms with Gasteiger partial charge in [0.25, 0.3) is 0 Å². The Balaban J connectivity index is 1.85. The summed E-state index contributed by atoms with van der Waals surface area (Å²) >= 11 is 0. The van der Waals surface area contributed by atoms with Crippen LogP contribution in [0.2, 0.25) is 0 Å². The van der Waals surface area contributed by atoms with Gasteiger partial charge in [-0.25, -0.2) is 9.78 Å². The van der Waals surface area contributed by atoms with Crippen LogP contribution in [0, 0.1) is 12.3 Å². The van der Waals surface area contributed by atoms with Crippen LogP contribution < -0.4 is 5.32 Å². The summed E-state index contributed by atoms with van der Waals surface area (Å²) in [7, 11) is 0. The molecule has 0 spiro atoms. The minimum Gasteiger partial charge on any atom is -0.436 e. The molecule has 1 amide bonds. The van der Waals surface area contributed by atoms with Crippen molar-refractivity contribution in [1.82, 2.24) is 9.97 Å². The lowest BCUT2D eigenvalue weighted by Crippen LogP contribution is -2.14. The van der Waals surface area contributed by atoms with E-state index in [1.807, 2.05) is 48.5 Å². The Bertz CT molecular complexity index is 847. The van der Waals surface area contributed by atoms with Gasteiger partial charge in [0, 0.05) is 0 Å². The molecule has 5 heteroatoms. The number of benzene rings is 2. The molecule has 3 aromatic rings. The van der Waals surface area contributed by atoms with Crippen molar-refractivity contribution in [2.45, 2.75) is 0 Å². The molecule has 0 saturated carbocycles. The summed E-state index contributed by atoms with van der Waals surface area (Å²) in [4.78, 5) is 18.8. The lowest BCUT2D eigenvalue weighted by molar-refractivity contribution is 0.176. The van der Waals surface area contributed by atoms with Crippen LogP contribution in [0.15, 0.2) is 48.5 Å². The van der Waals surface area contributed by atoms with E-state index in [9.17, 15) is 4.79 Å². The summed E-state index contributed by atoms with van der Waals surface area (Å²) < 4.78 is 4.74. The first kappa shape index (κ1) is 13.7. The van der Waals surface area contributed by atoms with Gasteiger partial charge in [0.2, 0.25) is 5.95 Å². The number of rotatable bonds is 3. The SMILES string of the molecule is C#CCOC(=O)Nc1nc2cc(-c3ccccc3)ccc2[nH]1. The summed E-state index contributed by atoms with van der Waals surface area (Å²) in [5.74, 6) is 2.54. The number of fused-ring (bicyclic) bond motifs is 1. The van der Waals surface area contributed by atoms with Crippen molar-refractivity contribution in [2.75, 3.05) is 11.9 Å². The number of amides is 1. The number of H-pyrrole nitrogens is 1. The predicted octanol–water partition coefficient (Wildman–Crippen LogP) is 3.41. The summed E-state index contributed by atoms with van der Waals surface area (Å²) in [5.41, 5.74) is 3.75. The van der Waals surface area contributed by atoms with Gasteiger partial charge in [0.05, 0.1) is 11.0 Å². The first-order valence-electron chi connectivity index (χ1n) is 6.69. The number of carbonyl (C=O) groups excluding carboxylic acids is 1.